The number of ether oxygens (including phenoxy) is 1. The summed E-state index contributed by atoms with van der Waals surface area (Å²) in [5.74, 6) is 2.06. The third-order valence-corrected chi connectivity index (χ3v) is 15.6. The lowest BCUT2D eigenvalue weighted by Gasteiger charge is -2.25. The van der Waals surface area contributed by atoms with Gasteiger partial charge in [-0.1, -0.05) is 136 Å². The molecule has 14 rings (SSSR count). The fourth-order valence-corrected chi connectivity index (χ4v) is 12.4. The Morgan fingerprint density at radius 1 is 0.500 bits per heavy atom. The molecule has 9 aromatic carbocycles. The molecule has 1 aliphatic rings. The van der Waals surface area contributed by atoms with Crippen LogP contribution < -0.4 is 14.5 Å². The molecule has 0 saturated heterocycles. The number of nitrogens with zero attached hydrogens (tertiary/aromatic N) is 6. The van der Waals surface area contributed by atoms with Crippen LogP contribution in [0.3, 0.4) is 0 Å². The first-order valence-electron chi connectivity index (χ1n) is 29.0. The number of aryl methyl sites for hydroxylation is 5. The van der Waals surface area contributed by atoms with Gasteiger partial charge in [-0.3, -0.25) is 4.57 Å². The molecule has 370 valence electrons. The van der Waals surface area contributed by atoms with E-state index < -0.39 is 14.0 Å². The zero-order valence-corrected chi connectivity index (χ0v) is 43.3. The van der Waals surface area contributed by atoms with Crippen LogP contribution in [-0.2, 0) is 19.4 Å². The van der Waals surface area contributed by atoms with Gasteiger partial charge in [0, 0.05) is 95.1 Å². The molecule has 0 fully saturated rings. The van der Waals surface area contributed by atoms with Gasteiger partial charge >= 0.3 is 0 Å². The van der Waals surface area contributed by atoms with Crippen molar-refractivity contribution in [1.82, 2.24) is 18.7 Å². The third-order valence-electron chi connectivity index (χ3n) is 15.6. The van der Waals surface area contributed by atoms with Crippen LogP contribution in [0.25, 0.3) is 93.5 Å². The van der Waals surface area contributed by atoms with Crippen LogP contribution in [-0.4, -0.2) is 25.4 Å². The summed E-state index contributed by atoms with van der Waals surface area (Å²) in [6, 6.07) is 63.4. The van der Waals surface area contributed by atoms with Crippen LogP contribution in [0.15, 0.2) is 194 Å². The number of aromatic nitrogens is 4. The van der Waals surface area contributed by atoms with Gasteiger partial charge in [-0.05, 0) is 126 Å². The van der Waals surface area contributed by atoms with Gasteiger partial charge in [0.15, 0.2) is 0 Å². The number of benzene rings is 9. The van der Waals surface area contributed by atoms with Gasteiger partial charge in [-0.2, -0.15) is 0 Å². The van der Waals surface area contributed by atoms with Crippen molar-refractivity contribution in [3.8, 4) is 39.6 Å². The molecule has 76 heavy (non-hydrogen) atoms. The Morgan fingerprint density at radius 2 is 1.08 bits per heavy atom. The Hall–Kier alpha value is -9.07. The molecule has 0 radical (unpaired) electrons. The molecule has 0 atom stereocenters. The predicted octanol–water partition coefficient (Wildman–Crippen LogP) is 18.1. The summed E-state index contributed by atoms with van der Waals surface area (Å²) in [4.78, 5) is 9.53. The normalized spacial score (nSPS) is 14.4. The summed E-state index contributed by atoms with van der Waals surface area (Å²) >= 11 is 0. The molecule has 0 bridgehead atoms. The van der Waals surface area contributed by atoms with Crippen molar-refractivity contribution in [3.63, 3.8) is 0 Å². The fraction of sp³-hybridized carbons (Fsp3) is 0.145. The van der Waals surface area contributed by atoms with Gasteiger partial charge in [0.1, 0.15) is 24.0 Å². The Labute approximate surface area is 451 Å². The highest BCUT2D eigenvalue weighted by molar-refractivity contribution is 6.25. The number of fused-ring (bicyclic) bond motifs is 10. The molecular weight excluding hydrogens is 929 g/mol. The summed E-state index contributed by atoms with van der Waals surface area (Å²) < 4.78 is 67.0. The number of rotatable bonds is 7. The fourth-order valence-electron chi connectivity index (χ4n) is 12.4. The van der Waals surface area contributed by atoms with Crippen molar-refractivity contribution >= 4 is 88.2 Å². The van der Waals surface area contributed by atoms with Gasteiger partial charge in [0.25, 0.3) is 0 Å². The Bertz CT molecular complexity index is 4640. The zero-order chi connectivity index (χ0) is 56.7. The highest BCUT2D eigenvalue weighted by Gasteiger charge is 2.34. The molecule has 7 nitrogen and oxygen atoms in total. The maximum absolute atomic E-state index is 9.13. The lowest BCUT2D eigenvalue weighted by atomic mass is 9.82. The maximum atomic E-state index is 9.13. The first kappa shape index (κ1) is 39.4. The number of hydrogen-bond acceptors (Lipinski definition) is 4. The minimum atomic E-state index is -2.64. The standard InChI is InChI=1S/C69H58N6O/c1-42-32-43(2)65(44(3)33-42)46-34-47(73-41-74(62-29-19-18-28-61(62)73)68-66-54(51-23-12-15-25-58(51)71(66)7)38-55-52-24-13-16-26-59(52)72(8)67(55)68)36-49(35-46)76-48-30-31-53-50-22-14-17-27-60(50)75(63(53)37-48)64-39-57(69(4,5)6)56(40-70-64)45-20-10-9-11-21-45/h9-40H,41H2,1-8H3/i7D3,8D3. The first-order chi connectivity index (χ1) is 39.3. The lowest BCUT2D eigenvalue weighted by Crippen LogP contribution is -2.25. The van der Waals surface area contributed by atoms with E-state index in [9.17, 15) is 0 Å². The molecular formula is C69H58N6O. The summed E-state index contributed by atoms with van der Waals surface area (Å²) in [5.41, 5.74) is 15.5. The second-order valence-corrected chi connectivity index (χ2v) is 21.5. The maximum Gasteiger partial charge on any atom is 0.137 e. The van der Waals surface area contributed by atoms with E-state index >= 15 is 0 Å². The van der Waals surface area contributed by atoms with Crippen LogP contribution >= 0.6 is 0 Å². The van der Waals surface area contributed by atoms with Crippen LogP contribution in [0.1, 0.15) is 51.2 Å². The molecule has 4 aromatic heterocycles. The average Bonchev–Trinajstić information content (AvgIpc) is 1.94. The molecule has 1 aliphatic heterocycles. The predicted molar refractivity (Wildman–Crippen MR) is 319 cm³/mol. The molecule has 0 spiro atoms. The van der Waals surface area contributed by atoms with Crippen molar-refractivity contribution < 1.29 is 13.0 Å². The van der Waals surface area contributed by atoms with Crippen LogP contribution in [0.4, 0.5) is 22.7 Å². The largest absolute Gasteiger partial charge is 0.457 e. The van der Waals surface area contributed by atoms with E-state index in [1.165, 1.54) is 20.3 Å². The molecule has 0 aliphatic carbocycles. The van der Waals surface area contributed by atoms with Crippen molar-refractivity contribution in [3.05, 3.63) is 217 Å². The van der Waals surface area contributed by atoms with Crippen molar-refractivity contribution in [1.29, 1.82) is 0 Å². The minimum absolute atomic E-state index is 0.186. The van der Waals surface area contributed by atoms with Crippen LogP contribution in [0, 0.1) is 20.8 Å². The Kier molecular flexibility index (Phi) is 8.80. The smallest absolute Gasteiger partial charge is 0.137 e. The number of anilines is 4. The number of pyridine rings is 1. The summed E-state index contributed by atoms with van der Waals surface area (Å²) in [6.45, 7) is 8.07. The third kappa shape index (κ3) is 6.98. The van der Waals surface area contributed by atoms with E-state index in [1.807, 2.05) is 91.1 Å². The molecule has 5 heterocycles. The van der Waals surface area contributed by atoms with Crippen molar-refractivity contribution in [2.45, 2.75) is 47.0 Å². The monoisotopic (exact) mass is 993 g/mol. The van der Waals surface area contributed by atoms with Gasteiger partial charge in [0.2, 0.25) is 0 Å². The van der Waals surface area contributed by atoms with Gasteiger partial charge in [0.05, 0.1) is 39.1 Å². The SMILES string of the molecule is [2H]C([2H])([2H])n1c2ccccc2c2cc3c4ccccc4n(C([2H])([2H])[2H])c3c(N3CN(c4cc(Oc5ccc6c7ccccc7n(-c7cc(C(C)(C)C)c(-c8ccccc8)cn7)c6c5)cc(-c5c(C)cc(C)cc5C)c4)c4ccccc43)c21. The van der Waals surface area contributed by atoms with Gasteiger partial charge < -0.3 is 23.7 Å². The van der Waals surface area contributed by atoms with Crippen LogP contribution in [0.2, 0.25) is 0 Å². The molecule has 0 unspecified atom stereocenters. The highest BCUT2D eigenvalue weighted by atomic mass is 16.5. The molecule has 13 aromatic rings. The number of para-hydroxylation sites is 5. The topological polar surface area (TPSA) is 43.4 Å². The van der Waals surface area contributed by atoms with E-state index in [4.69, 9.17) is 17.9 Å². The molecule has 0 saturated carbocycles. The van der Waals surface area contributed by atoms with E-state index in [0.29, 0.717) is 50.0 Å². The van der Waals surface area contributed by atoms with Crippen molar-refractivity contribution in [2.75, 3.05) is 16.5 Å². The van der Waals surface area contributed by atoms with E-state index in [0.717, 1.165) is 88.8 Å². The second-order valence-electron chi connectivity index (χ2n) is 21.5. The van der Waals surface area contributed by atoms with Gasteiger partial charge in [-0.25, -0.2) is 4.98 Å². The average molecular weight is 993 g/mol. The lowest BCUT2D eigenvalue weighted by molar-refractivity contribution is 0.483. The highest BCUT2D eigenvalue weighted by Crippen LogP contribution is 2.52. The first-order valence-corrected chi connectivity index (χ1v) is 26.0. The van der Waals surface area contributed by atoms with E-state index in [1.54, 1.807) is 0 Å². The quantitative estimate of drug-likeness (QED) is 0.160. The van der Waals surface area contributed by atoms with Crippen molar-refractivity contribution in [2.24, 2.45) is 14.0 Å². The molecule has 7 heteroatoms. The zero-order valence-electron chi connectivity index (χ0n) is 49.3. The second kappa shape index (κ2) is 17.0. The minimum Gasteiger partial charge on any atom is -0.457 e. The van der Waals surface area contributed by atoms with E-state index in [2.05, 4.69) is 159 Å². The van der Waals surface area contributed by atoms with Gasteiger partial charge in [-0.15, -0.1) is 0 Å². The summed E-state index contributed by atoms with van der Waals surface area (Å²) in [7, 11) is 0. The summed E-state index contributed by atoms with van der Waals surface area (Å²) in [5, 5.41) is 5.13. The number of hydrogen-bond donors (Lipinski definition) is 0. The van der Waals surface area contributed by atoms with E-state index in [-0.39, 0.29) is 12.1 Å². The Morgan fingerprint density at radius 3 is 1.72 bits per heavy atom. The summed E-state index contributed by atoms with van der Waals surface area (Å²) in [6.07, 6.45) is 2.01. The molecule has 0 N–H and O–H groups in total. The molecule has 0 amide bonds. The Balaban J connectivity index is 0.968. The van der Waals surface area contributed by atoms with Crippen LogP contribution in [0.5, 0.6) is 11.5 Å².